The third kappa shape index (κ3) is 1.88. The third-order valence-electron chi connectivity index (χ3n) is 3.13. The number of halogens is 1. The lowest BCUT2D eigenvalue weighted by molar-refractivity contribution is -0.147. The first-order valence-corrected chi connectivity index (χ1v) is 6.55. The Kier molecular flexibility index (Phi) is 3.06. The molecule has 0 saturated carbocycles. The molecule has 1 saturated heterocycles. The molecule has 0 aliphatic carbocycles. The molecule has 1 aliphatic rings. The summed E-state index contributed by atoms with van der Waals surface area (Å²) in [6, 6.07) is 6.27. The van der Waals surface area contributed by atoms with Crippen LogP contribution in [0.5, 0.6) is 0 Å². The Morgan fingerprint density at radius 3 is 2.69 bits per heavy atom. The van der Waals surface area contributed by atoms with Gasteiger partial charge in [-0.05, 0) is 25.0 Å². The fourth-order valence-corrected chi connectivity index (χ4v) is 3.00. The maximum absolute atomic E-state index is 11.3. The molecule has 2 nitrogen and oxygen atoms in total. The molecule has 16 heavy (non-hydrogen) atoms. The van der Waals surface area contributed by atoms with E-state index in [1.54, 1.807) is 0 Å². The number of hydrogen-bond donors (Lipinski definition) is 0. The van der Waals surface area contributed by atoms with E-state index in [1.165, 1.54) is 11.1 Å². The van der Waals surface area contributed by atoms with E-state index in [2.05, 4.69) is 48.0 Å². The molecule has 0 N–H and O–H groups in total. The summed E-state index contributed by atoms with van der Waals surface area (Å²) in [5, 5.41) is 0.662. The second-order valence-corrected chi connectivity index (χ2v) is 4.98. The minimum Gasteiger partial charge on any atom is -0.453 e. The summed E-state index contributed by atoms with van der Waals surface area (Å²) in [6.07, 6.45) is 1.28. The van der Waals surface area contributed by atoms with E-state index in [1.807, 2.05) is 0 Å². The Bertz CT molecular complexity index is 428. The lowest BCUT2D eigenvalue weighted by atomic mass is 9.89. The van der Waals surface area contributed by atoms with Crippen molar-refractivity contribution in [1.29, 1.82) is 0 Å². The molecule has 0 spiro atoms. The number of cyclic esters (lactones) is 1. The molecular formula is C13H15BrO2. The molecule has 1 aliphatic heterocycles. The Morgan fingerprint density at radius 1 is 1.44 bits per heavy atom. The van der Waals surface area contributed by atoms with Crippen LogP contribution in [0.2, 0.25) is 0 Å². The van der Waals surface area contributed by atoms with Crippen molar-refractivity contribution in [2.24, 2.45) is 0 Å². The lowest BCUT2D eigenvalue weighted by Gasteiger charge is -2.27. The van der Waals surface area contributed by atoms with Crippen LogP contribution in [0.1, 0.15) is 29.5 Å². The van der Waals surface area contributed by atoms with Crippen molar-refractivity contribution in [3.8, 4) is 0 Å². The van der Waals surface area contributed by atoms with Gasteiger partial charge in [0.15, 0.2) is 0 Å². The van der Waals surface area contributed by atoms with Gasteiger partial charge in [-0.2, -0.15) is 0 Å². The molecule has 0 bridgehead atoms. The smallest absolute Gasteiger partial charge is 0.306 e. The van der Waals surface area contributed by atoms with Gasteiger partial charge in [-0.15, -0.1) is 0 Å². The number of hydrogen-bond acceptors (Lipinski definition) is 2. The molecule has 86 valence electrons. The molecule has 0 radical (unpaired) electrons. The monoisotopic (exact) mass is 282 g/mol. The van der Waals surface area contributed by atoms with Crippen molar-refractivity contribution in [2.45, 2.75) is 32.3 Å². The zero-order chi connectivity index (χ0) is 11.8. The van der Waals surface area contributed by atoms with Crippen LogP contribution in [-0.4, -0.2) is 11.3 Å². The maximum atomic E-state index is 11.3. The van der Waals surface area contributed by atoms with Crippen LogP contribution in [-0.2, 0) is 15.1 Å². The van der Waals surface area contributed by atoms with Gasteiger partial charge >= 0.3 is 5.97 Å². The molecule has 3 heteroatoms. The van der Waals surface area contributed by atoms with E-state index in [-0.39, 0.29) is 5.97 Å². The predicted octanol–water partition coefficient (Wildman–Crippen LogP) is 3.23. The summed E-state index contributed by atoms with van der Waals surface area (Å²) in [7, 11) is 0. The topological polar surface area (TPSA) is 26.3 Å². The fraction of sp³-hybridized carbons (Fsp3) is 0.462. The van der Waals surface area contributed by atoms with Crippen molar-refractivity contribution in [1.82, 2.24) is 0 Å². The van der Waals surface area contributed by atoms with Gasteiger partial charge in [-0.1, -0.05) is 39.7 Å². The highest BCUT2D eigenvalue weighted by Crippen LogP contribution is 2.40. The van der Waals surface area contributed by atoms with Gasteiger partial charge in [-0.3, -0.25) is 4.79 Å². The van der Waals surface area contributed by atoms with E-state index < -0.39 is 5.60 Å². The fourth-order valence-electron chi connectivity index (χ4n) is 2.30. The predicted molar refractivity (Wildman–Crippen MR) is 66.7 cm³/mol. The minimum atomic E-state index is -0.450. The Balaban J connectivity index is 2.45. The molecular weight excluding hydrogens is 268 g/mol. The lowest BCUT2D eigenvalue weighted by Crippen LogP contribution is -2.28. The zero-order valence-electron chi connectivity index (χ0n) is 9.55. The number of carbonyl (C=O) groups excluding carboxylic acids is 1. The number of benzene rings is 1. The molecule has 1 aromatic rings. The van der Waals surface area contributed by atoms with Crippen LogP contribution in [0.4, 0.5) is 0 Å². The first-order chi connectivity index (χ1) is 7.57. The van der Waals surface area contributed by atoms with Crippen LogP contribution in [0.15, 0.2) is 18.2 Å². The van der Waals surface area contributed by atoms with Crippen molar-refractivity contribution in [2.75, 3.05) is 5.33 Å². The van der Waals surface area contributed by atoms with E-state index in [0.29, 0.717) is 11.8 Å². The SMILES string of the molecule is Cc1ccc([C@@]2(CBr)CCC(=O)O2)c(C)c1. The van der Waals surface area contributed by atoms with Crippen LogP contribution in [0.25, 0.3) is 0 Å². The van der Waals surface area contributed by atoms with Crippen LogP contribution in [0.3, 0.4) is 0 Å². The van der Waals surface area contributed by atoms with Gasteiger partial charge in [-0.25, -0.2) is 0 Å². The van der Waals surface area contributed by atoms with Gasteiger partial charge in [0.25, 0.3) is 0 Å². The number of carbonyl (C=O) groups is 1. The van der Waals surface area contributed by atoms with E-state index in [9.17, 15) is 4.79 Å². The largest absolute Gasteiger partial charge is 0.453 e. The number of ether oxygens (including phenoxy) is 1. The van der Waals surface area contributed by atoms with Gasteiger partial charge in [0.05, 0.1) is 0 Å². The second kappa shape index (κ2) is 4.21. The van der Waals surface area contributed by atoms with E-state index >= 15 is 0 Å². The van der Waals surface area contributed by atoms with Crippen LogP contribution < -0.4 is 0 Å². The standard InChI is InChI=1S/C13H15BrO2/c1-9-3-4-11(10(2)7-9)13(8-14)6-5-12(15)16-13/h3-4,7H,5-6,8H2,1-2H3/t13-/m0/s1. The minimum absolute atomic E-state index is 0.0978. The van der Waals surface area contributed by atoms with Gasteiger partial charge < -0.3 is 4.74 Å². The Morgan fingerprint density at radius 2 is 2.19 bits per heavy atom. The average Bonchev–Trinajstić information content (AvgIpc) is 2.61. The van der Waals surface area contributed by atoms with Crippen LogP contribution in [0, 0.1) is 13.8 Å². The highest BCUT2D eigenvalue weighted by atomic mass is 79.9. The van der Waals surface area contributed by atoms with Crippen molar-refractivity contribution in [3.63, 3.8) is 0 Å². The number of alkyl halides is 1. The molecule has 0 aromatic heterocycles. The van der Waals surface area contributed by atoms with Gasteiger partial charge in [0, 0.05) is 18.2 Å². The van der Waals surface area contributed by atoms with Gasteiger partial charge in [0.1, 0.15) is 5.60 Å². The summed E-state index contributed by atoms with van der Waals surface area (Å²) in [4.78, 5) is 11.3. The Hall–Kier alpha value is -0.830. The third-order valence-corrected chi connectivity index (χ3v) is 4.04. The van der Waals surface area contributed by atoms with Gasteiger partial charge in [0.2, 0.25) is 0 Å². The average molecular weight is 283 g/mol. The molecule has 1 fully saturated rings. The molecule has 1 atom stereocenters. The number of aryl methyl sites for hydroxylation is 2. The highest BCUT2D eigenvalue weighted by molar-refractivity contribution is 9.09. The molecule has 1 aromatic carbocycles. The zero-order valence-corrected chi connectivity index (χ0v) is 11.1. The van der Waals surface area contributed by atoms with Crippen molar-refractivity contribution >= 4 is 21.9 Å². The highest BCUT2D eigenvalue weighted by Gasteiger charge is 2.41. The summed E-state index contributed by atoms with van der Waals surface area (Å²) in [5.74, 6) is -0.0978. The summed E-state index contributed by atoms with van der Waals surface area (Å²) in [5.41, 5.74) is 3.10. The molecule has 2 rings (SSSR count). The molecule has 1 heterocycles. The summed E-state index contributed by atoms with van der Waals surface area (Å²) >= 11 is 3.47. The van der Waals surface area contributed by atoms with Crippen LogP contribution >= 0.6 is 15.9 Å². The second-order valence-electron chi connectivity index (χ2n) is 4.42. The number of rotatable bonds is 2. The molecule has 0 amide bonds. The van der Waals surface area contributed by atoms with Crippen molar-refractivity contribution in [3.05, 3.63) is 34.9 Å². The summed E-state index contributed by atoms with van der Waals surface area (Å²) in [6.45, 7) is 4.14. The maximum Gasteiger partial charge on any atom is 0.306 e. The molecule has 0 unspecified atom stereocenters. The van der Waals surface area contributed by atoms with Crippen molar-refractivity contribution < 1.29 is 9.53 Å². The number of esters is 1. The quantitative estimate of drug-likeness (QED) is 0.615. The van der Waals surface area contributed by atoms with E-state index in [0.717, 1.165) is 12.0 Å². The van der Waals surface area contributed by atoms with E-state index in [4.69, 9.17) is 4.74 Å². The normalized spacial score (nSPS) is 24.6. The first kappa shape index (κ1) is 11.6. The summed E-state index contributed by atoms with van der Waals surface area (Å²) < 4.78 is 5.52. The Labute approximate surface area is 104 Å². The first-order valence-electron chi connectivity index (χ1n) is 5.43.